The molecule has 1 aliphatic rings. The number of halogens is 3. The van der Waals surface area contributed by atoms with Crippen molar-refractivity contribution in [2.45, 2.75) is 25.9 Å². The van der Waals surface area contributed by atoms with Gasteiger partial charge in [0.15, 0.2) is 0 Å². The van der Waals surface area contributed by atoms with E-state index in [-0.39, 0.29) is 12.0 Å². The molecule has 21 heavy (non-hydrogen) atoms. The van der Waals surface area contributed by atoms with Gasteiger partial charge in [-0.1, -0.05) is 0 Å². The number of alkyl halides is 3. The average molecular weight is 291 g/mol. The van der Waals surface area contributed by atoms with Crippen molar-refractivity contribution in [3.63, 3.8) is 0 Å². The fourth-order valence-electron chi connectivity index (χ4n) is 2.51. The van der Waals surface area contributed by atoms with Crippen LogP contribution in [0, 0.1) is 6.92 Å². The number of benzene rings is 1. The summed E-state index contributed by atoms with van der Waals surface area (Å²) >= 11 is 0. The average Bonchev–Trinajstić information content (AvgIpc) is 2.79. The van der Waals surface area contributed by atoms with Gasteiger partial charge in [-0.3, -0.25) is 4.99 Å². The summed E-state index contributed by atoms with van der Waals surface area (Å²) in [4.78, 5) is 12.1. The highest BCUT2D eigenvalue weighted by atomic mass is 19.4. The molecule has 0 saturated heterocycles. The topological polar surface area (TPSA) is 38.1 Å². The normalized spacial score (nSPS) is 14.0. The second-order valence-corrected chi connectivity index (χ2v) is 5.09. The number of aromatic nitrogens is 2. The number of fused-ring (bicyclic) bond motifs is 1. The monoisotopic (exact) mass is 291 g/mol. The van der Waals surface area contributed by atoms with Crippen LogP contribution in [0.25, 0.3) is 0 Å². The van der Waals surface area contributed by atoms with Crippen molar-refractivity contribution < 1.29 is 13.2 Å². The molecular formula is C15H12F3N3. The lowest BCUT2D eigenvalue weighted by Crippen LogP contribution is -2.11. The number of aryl methyl sites for hydroxylation is 1. The number of nitrogens with zero attached hydrogens (tertiary/aromatic N) is 3. The standard InChI is InChI=1S/C15H12F3N3/c1-9-2-13(15(16,17)18)12-5-11(21-14(12)3-9)4-10-6-19-8-20-7-10/h2-3,6-8H,4-5H2,1H3. The van der Waals surface area contributed by atoms with Crippen LogP contribution in [-0.2, 0) is 19.0 Å². The van der Waals surface area contributed by atoms with Gasteiger partial charge in [-0.25, -0.2) is 9.97 Å². The highest BCUT2D eigenvalue weighted by Gasteiger charge is 2.36. The molecule has 3 rings (SSSR count). The van der Waals surface area contributed by atoms with E-state index < -0.39 is 11.7 Å². The largest absolute Gasteiger partial charge is 0.416 e. The van der Waals surface area contributed by atoms with Crippen LogP contribution >= 0.6 is 0 Å². The summed E-state index contributed by atoms with van der Waals surface area (Å²) in [6.45, 7) is 1.65. The molecule has 108 valence electrons. The zero-order valence-corrected chi connectivity index (χ0v) is 11.3. The fourth-order valence-corrected chi connectivity index (χ4v) is 2.51. The van der Waals surface area contributed by atoms with E-state index in [1.165, 1.54) is 12.4 Å². The highest BCUT2D eigenvalue weighted by Crippen LogP contribution is 2.40. The van der Waals surface area contributed by atoms with Gasteiger partial charge >= 0.3 is 6.18 Å². The maximum atomic E-state index is 13.1. The van der Waals surface area contributed by atoms with Crippen LogP contribution in [-0.4, -0.2) is 15.7 Å². The molecule has 0 amide bonds. The van der Waals surface area contributed by atoms with E-state index in [0.717, 1.165) is 5.56 Å². The summed E-state index contributed by atoms with van der Waals surface area (Å²) in [5, 5.41) is 0. The Kier molecular flexibility index (Phi) is 3.23. The van der Waals surface area contributed by atoms with Crippen LogP contribution < -0.4 is 0 Å². The molecule has 1 aromatic heterocycles. The summed E-state index contributed by atoms with van der Waals surface area (Å²) in [7, 11) is 0. The molecule has 0 spiro atoms. The van der Waals surface area contributed by atoms with Gasteiger partial charge in [0, 0.05) is 30.9 Å². The molecule has 0 N–H and O–H groups in total. The maximum Gasteiger partial charge on any atom is 0.416 e. The van der Waals surface area contributed by atoms with Crippen LogP contribution in [0.3, 0.4) is 0 Å². The van der Waals surface area contributed by atoms with Gasteiger partial charge in [0.25, 0.3) is 0 Å². The molecule has 0 saturated carbocycles. The van der Waals surface area contributed by atoms with Crippen LogP contribution in [0.5, 0.6) is 0 Å². The molecule has 2 aromatic rings. The molecule has 0 aliphatic carbocycles. The SMILES string of the molecule is Cc1cc2c(c(C(F)(F)F)c1)CC(Cc1cncnc1)=N2. The van der Waals surface area contributed by atoms with Gasteiger partial charge in [-0.15, -0.1) is 0 Å². The van der Waals surface area contributed by atoms with Crippen LogP contribution in [0.2, 0.25) is 0 Å². The first-order valence-electron chi connectivity index (χ1n) is 6.44. The first kappa shape index (κ1) is 13.7. The second-order valence-electron chi connectivity index (χ2n) is 5.09. The molecule has 0 fully saturated rings. The van der Waals surface area contributed by atoms with E-state index in [1.807, 2.05) is 0 Å². The van der Waals surface area contributed by atoms with Gasteiger partial charge in [0.1, 0.15) is 6.33 Å². The Labute approximate surface area is 119 Å². The molecule has 0 radical (unpaired) electrons. The van der Waals surface area contributed by atoms with E-state index in [1.54, 1.807) is 25.4 Å². The van der Waals surface area contributed by atoms with Crippen molar-refractivity contribution in [1.29, 1.82) is 0 Å². The Morgan fingerprint density at radius 2 is 1.86 bits per heavy atom. The number of aliphatic imine (C=N–C) groups is 1. The van der Waals surface area contributed by atoms with Crippen molar-refractivity contribution in [3.8, 4) is 0 Å². The summed E-state index contributed by atoms with van der Waals surface area (Å²) < 4.78 is 39.3. The van der Waals surface area contributed by atoms with Gasteiger partial charge in [-0.2, -0.15) is 13.2 Å². The zero-order valence-electron chi connectivity index (χ0n) is 11.3. The minimum absolute atomic E-state index is 0.222. The number of hydrogen-bond acceptors (Lipinski definition) is 3. The van der Waals surface area contributed by atoms with E-state index >= 15 is 0 Å². The number of hydrogen-bond donors (Lipinski definition) is 0. The van der Waals surface area contributed by atoms with Crippen molar-refractivity contribution in [2.75, 3.05) is 0 Å². The third-order valence-corrected chi connectivity index (χ3v) is 3.36. The minimum atomic E-state index is -4.35. The fraction of sp³-hybridized carbons (Fsp3) is 0.267. The molecule has 2 heterocycles. The van der Waals surface area contributed by atoms with E-state index in [9.17, 15) is 13.2 Å². The summed E-state index contributed by atoms with van der Waals surface area (Å²) in [5.41, 5.74) is 2.22. The van der Waals surface area contributed by atoms with E-state index in [2.05, 4.69) is 15.0 Å². The summed E-state index contributed by atoms with van der Waals surface area (Å²) in [6, 6.07) is 2.88. The minimum Gasteiger partial charge on any atom is -0.257 e. The summed E-state index contributed by atoms with van der Waals surface area (Å²) in [6.07, 6.45) is 1.05. The lowest BCUT2D eigenvalue weighted by molar-refractivity contribution is -0.138. The third-order valence-electron chi connectivity index (χ3n) is 3.36. The lowest BCUT2D eigenvalue weighted by Gasteiger charge is -2.12. The van der Waals surface area contributed by atoms with E-state index in [0.29, 0.717) is 23.4 Å². The predicted molar refractivity (Wildman–Crippen MR) is 72.7 cm³/mol. The number of rotatable bonds is 2. The lowest BCUT2D eigenvalue weighted by atomic mass is 9.98. The zero-order chi connectivity index (χ0) is 15.0. The van der Waals surface area contributed by atoms with Crippen LogP contribution in [0.1, 0.15) is 22.3 Å². The quantitative estimate of drug-likeness (QED) is 0.846. The second kappa shape index (κ2) is 4.95. The van der Waals surface area contributed by atoms with Crippen molar-refractivity contribution >= 4 is 11.4 Å². The molecule has 1 aliphatic heterocycles. The van der Waals surface area contributed by atoms with Gasteiger partial charge in [-0.05, 0) is 35.7 Å². The molecular weight excluding hydrogens is 279 g/mol. The maximum absolute atomic E-state index is 13.1. The molecule has 0 atom stereocenters. The Hall–Kier alpha value is -2.24. The van der Waals surface area contributed by atoms with Crippen LogP contribution in [0.4, 0.5) is 18.9 Å². The predicted octanol–water partition coefficient (Wildman–Crippen LogP) is 3.68. The Morgan fingerprint density at radius 1 is 1.14 bits per heavy atom. The first-order valence-corrected chi connectivity index (χ1v) is 6.44. The smallest absolute Gasteiger partial charge is 0.257 e. The van der Waals surface area contributed by atoms with E-state index in [4.69, 9.17) is 0 Å². The Morgan fingerprint density at radius 3 is 2.52 bits per heavy atom. The van der Waals surface area contributed by atoms with Crippen molar-refractivity contribution in [2.24, 2.45) is 4.99 Å². The molecule has 0 bridgehead atoms. The Balaban J connectivity index is 1.93. The molecule has 3 nitrogen and oxygen atoms in total. The first-order chi connectivity index (χ1) is 9.93. The molecule has 6 heteroatoms. The van der Waals surface area contributed by atoms with Crippen molar-refractivity contribution in [1.82, 2.24) is 9.97 Å². The molecule has 1 aromatic carbocycles. The van der Waals surface area contributed by atoms with Crippen LogP contribution in [0.15, 0.2) is 35.8 Å². The third kappa shape index (κ3) is 2.79. The van der Waals surface area contributed by atoms with Gasteiger partial charge in [0.05, 0.1) is 11.3 Å². The highest BCUT2D eigenvalue weighted by molar-refractivity contribution is 5.96. The van der Waals surface area contributed by atoms with Crippen molar-refractivity contribution in [3.05, 3.63) is 53.1 Å². The summed E-state index contributed by atoms with van der Waals surface area (Å²) in [5.74, 6) is 0. The van der Waals surface area contributed by atoms with Gasteiger partial charge < -0.3 is 0 Å². The van der Waals surface area contributed by atoms with Gasteiger partial charge in [0.2, 0.25) is 0 Å². The Bertz CT molecular complexity index is 706. The molecule has 0 unspecified atom stereocenters.